The standard InChI is InChI=1S/C19H22ClN3O/c1-13(2)16-9-7-15(8-10-16)12-21-23-19(24)14(3)22-18-6-4-5-17(20)11-18/h4-14,22H,1-3H3,(H,23,24). The van der Waals surface area contributed by atoms with Crippen molar-refractivity contribution in [3.63, 3.8) is 0 Å². The maximum absolute atomic E-state index is 12.0. The van der Waals surface area contributed by atoms with E-state index in [1.807, 2.05) is 24.3 Å². The van der Waals surface area contributed by atoms with Crippen LogP contribution in [-0.2, 0) is 4.79 Å². The molecule has 0 aliphatic rings. The fourth-order valence-corrected chi connectivity index (χ4v) is 2.32. The zero-order chi connectivity index (χ0) is 17.5. The highest BCUT2D eigenvalue weighted by Gasteiger charge is 2.11. The lowest BCUT2D eigenvalue weighted by molar-refractivity contribution is -0.121. The number of carbonyl (C=O) groups excluding carboxylic acids is 1. The molecule has 4 nitrogen and oxygen atoms in total. The molecule has 0 aliphatic carbocycles. The second-order valence-corrected chi connectivity index (χ2v) is 6.37. The molecule has 0 radical (unpaired) electrons. The van der Waals surface area contributed by atoms with Gasteiger partial charge in [-0.3, -0.25) is 4.79 Å². The van der Waals surface area contributed by atoms with Gasteiger partial charge >= 0.3 is 0 Å². The highest BCUT2D eigenvalue weighted by Crippen LogP contribution is 2.16. The zero-order valence-corrected chi connectivity index (χ0v) is 14.8. The Kier molecular flexibility index (Phi) is 6.38. The molecule has 0 heterocycles. The summed E-state index contributed by atoms with van der Waals surface area (Å²) in [5.74, 6) is 0.277. The maximum atomic E-state index is 12.0. The van der Waals surface area contributed by atoms with Crippen LogP contribution in [0.3, 0.4) is 0 Å². The Hall–Kier alpha value is -2.33. The van der Waals surface area contributed by atoms with Crippen molar-refractivity contribution in [2.75, 3.05) is 5.32 Å². The predicted molar refractivity (Wildman–Crippen MR) is 101 cm³/mol. The summed E-state index contributed by atoms with van der Waals surface area (Å²) in [6, 6.07) is 14.9. The van der Waals surface area contributed by atoms with Gasteiger partial charge < -0.3 is 5.32 Å². The monoisotopic (exact) mass is 343 g/mol. The molecular formula is C19H22ClN3O. The van der Waals surface area contributed by atoms with Crippen LogP contribution in [0.2, 0.25) is 5.02 Å². The number of benzene rings is 2. The Bertz CT molecular complexity index is 711. The number of carbonyl (C=O) groups is 1. The first-order chi connectivity index (χ1) is 11.5. The molecule has 0 bridgehead atoms. The molecule has 0 spiro atoms. The normalized spacial score (nSPS) is 12.4. The lowest BCUT2D eigenvalue weighted by atomic mass is 10.0. The van der Waals surface area contributed by atoms with E-state index in [1.165, 1.54) is 5.56 Å². The molecular weight excluding hydrogens is 322 g/mol. The topological polar surface area (TPSA) is 53.5 Å². The largest absolute Gasteiger partial charge is 0.374 e. The smallest absolute Gasteiger partial charge is 0.262 e. The van der Waals surface area contributed by atoms with Crippen LogP contribution in [0.1, 0.15) is 37.8 Å². The molecule has 0 fully saturated rings. The summed E-state index contributed by atoms with van der Waals surface area (Å²) >= 11 is 5.93. The molecule has 1 atom stereocenters. The van der Waals surface area contributed by atoms with Crippen LogP contribution in [0.15, 0.2) is 53.6 Å². The molecule has 1 amide bonds. The molecule has 24 heavy (non-hydrogen) atoms. The van der Waals surface area contributed by atoms with Crippen LogP contribution >= 0.6 is 11.6 Å². The van der Waals surface area contributed by atoms with Crippen LogP contribution in [0.4, 0.5) is 5.69 Å². The minimum Gasteiger partial charge on any atom is -0.374 e. The third kappa shape index (κ3) is 5.39. The van der Waals surface area contributed by atoms with E-state index >= 15 is 0 Å². The lowest BCUT2D eigenvalue weighted by Crippen LogP contribution is -2.34. The van der Waals surface area contributed by atoms with Crippen LogP contribution in [0.5, 0.6) is 0 Å². The number of nitrogens with zero attached hydrogens (tertiary/aromatic N) is 1. The van der Waals surface area contributed by atoms with Gasteiger partial charge in [-0.25, -0.2) is 5.43 Å². The summed E-state index contributed by atoms with van der Waals surface area (Å²) in [6.07, 6.45) is 1.63. The summed E-state index contributed by atoms with van der Waals surface area (Å²) in [6.45, 7) is 6.07. The predicted octanol–water partition coefficient (Wildman–Crippen LogP) is 4.41. The zero-order valence-electron chi connectivity index (χ0n) is 14.1. The van der Waals surface area contributed by atoms with E-state index in [2.05, 4.69) is 41.8 Å². The van der Waals surface area contributed by atoms with Crippen LogP contribution in [0, 0.1) is 0 Å². The fourth-order valence-electron chi connectivity index (χ4n) is 2.13. The van der Waals surface area contributed by atoms with Gasteiger partial charge in [0.15, 0.2) is 0 Å². The van der Waals surface area contributed by atoms with Gasteiger partial charge in [-0.15, -0.1) is 0 Å². The lowest BCUT2D eigenvalue weighted by Gasteiger charge is -2.13. The van der Waals surface area contributed by atoms with Gasteiger partial charge in [0.1, 0.15) is 6.04 Å². The van der Waals surface area contributed by atoms with Gasteiger partial charge in [0.25, 0.3) is 5.91 Å². The van der Waals surface area contributed by atoms with E-state index in [0.717, 1.165) is 11.3 Å². The van der Waals surface area contributed by atoms with Gasteiger partial charge in [-0.2, -0.15) is 5.10 Å². The summed E-state index contributed by atoms with van der Waals surface area (Å²) in [5.41, 5.74) is 5.54. The molecule has 1 unspecified atom stereocenters. The van der Waals surface area contributed by atoms with Crippen LogP contribution in [0.25, 0.3) is 0 Å². The van der Waals surface area contributed by atoms with Crippen molar-refractivity contribution < 1.29 is 4.79 Å². The van der Waals surface area contributed by atoms with E-state index in [1.54, 1.807) is 25.3 Å². The van der Waals surface area contributed by atoms with E-state index in [4.69, 9.17) is 11.6 Å². The second-order valence-electron chi connectivity index (χ2n) is 5.93. The Morgan fingerprint density at radius 2 is 1.83 bits per heavy atom. The quantitative estimate of drug-likeness (QED) is 0.602. The molecule has 0 aliphatic heterocycles. The summed E-state index contributed by atoms with van der Waals surface area (Å²) in [4.78, 5) is 12.0. The van der Waals surface area contributed by atoms with Crippen molar-refractivity contribution in [3.8, 4) is 0 Å². The van der Waals surface area contributed by atoms with Gasteiger partial charge in [0.2, 0.25) is 0 Å². The Morgan fingerprint density at radius 1 is 1.12 bits per heavy atom. The first-order valence-corrected chi connectivity index (χ1v) is 8.28. The molecule has 0 saturated heterocycles. The van der Waals surface area contributed by atoms with Gasteiger partial charge in [0.05, 0.1) is 6.21 Å². The molecule has 5 heteroatoms. The minimum atomic E-state index is -0.427. The van der Waals surface area contributed by atoms with Crippen molar-refractivity contribution in [1.29, 1.82) is 0 Å². The molecule has 2 rings (SSSR count). The van der Waals surface area contributed by atoms with Crippen LogP contribution < -0.4 is 10.7 Å². The first kappa shape index (κ1) is 18.0. The number of halogens is 1. The highest BCUT2D eigenvalue weighted by atomic mass is 35.5. The number of hydrazone groups is 1. The van der Waals surface area contributed by atoms with Crippen molar-refractivity contribution >= 4 is 29.4 Å². The molecule has 0 saturated carbocycles. The summed E-state index contributed by atoms with van der Waals surface area (Å²) < 4.78 is 0. The minimum absolute atomic E-state index is 0.218. The van der Waals surface area contributed by atoms with Gasteiger partial charge in [-0.1, -0.05) is 55.8 Å². The fraction of sp³-hybridized carbons (Fsp3) is 0.263. The highest BCUT2D eigenvalue weighted by molar-refractivity contribution is 6.30. The SMILES string of the molecule is CC(Nc1cccc(Cl)c1)C(=O)NN=Cc1ccc(C(C)C)cc1. The number of hydrogen-bond acceptors (Lipinski definition) is 3. The number of rotatable bonds is 6. The van der Waals surface area contributed by atoms with Gasteiger partial charge in [-0.05, 0) is 42.2 Å². The third-order valence-electron chi connectivity index (χ3n) is 3.59. The molecule has 0 aromatic heterocycles. The Morgan fingerprint density at radius 3 is 2.46 bits per heavy atom. The average molecular weight is 344 g/mol. The summed E-state index contributed by atoms with van der Waals surface area (Å²) in [7, 11) is 0. The summed E-state index contributed by atoms with van der Waals surface area (Å²) in [5, 5.41) is 7.71. The van der Waals surface area contributed by atoms with Crippen molar-refractivity contribution in [2.45, 2.75) is 32.7 Å². The maximum Gasteiger partial charge on any atom is 0.262 e. The number of amides is 1. The Balaban J connectivity index is 1.87. The molecule has 126 valence electrons. The van der Waals surface area contributed by atoms with E-state index in [-0.39, 0.29) is 5.91 Å². The molecule has 2 aromatic rings. The van der Waals surface area contributed by atoms with E-state index in [9.17, 15) is 4.79 Å². The van der Waals surface area contributed by atoms with E-state index < -0.39 is 6.04 Å². The van der Waals surface area contributed by atoms with Crippen molar-refractivity contribution in [2.24, 2.45) is 5.10 Å². The number of nitrogens with one attached hydrogen (secondary N) is 2. The first-order valence-electron chi connectivity index (χ1n) is 7.90. The number of hydrogen-bond donors (Lipinski definition) is 2. The average Bonchev–Trinajstić information content (AvgIpc) is 2.55. The van der Waals surface area contributed by atoms with Crippen molar-refractivity contribution in [1.82, 2.24) is 5.43 Å². The molecule has 2 aromatic carbocycles. The van der Waals surface area contributed by atoms with Gasteiger partial charge in [0, 0.05) is 10.7 Å². The van der Waals surface area contributed by atoms with Crippen LogP contribution in [-0.4, -0.2) is 18.2 Å². The Labute approximate surface area is 147 Å². The number of anilines is 1. The second kappa shape index (κ2) is 8.50. The van der Waals surface area contributed by atoms with E-state index in [0.29, 0.717) is 10.9 Å². The van der Waals surface area contributed by atoms with Crippen molar-refractivity contribution in [3.05, 3.63) is 64.7 Å². The third-order valence-corrected chi connectivity index (χ3v) is 3.83. The molecule has 2 N–H and O–H groups in total.